The molecule has 2 atom stereocenters. The average molecular weight is 653 g/mol. The summed E-state index contributed by atoms with van der Waals surface area (Å²) in [4.78, 5) is 25.1. The SMILES string of the molecule is Cc1cc(C(C)(C)c2cc(C)c(OCC(O)COC(=O)c3cccs3)c(C)c2)cc(C)c1OCC(O)COC(=O)c1cccs1. The zero-order valence-electron chi connectivity index (χ0n) is 26.4. The predicted molar refractivity (Wildman–Crippen MR) is 176 cm³/mol. The predicted octanol–water partition coefficient (Wildman–Crippen LogP) is 6.56. The highest BCUT2D eigenvalue weighted by Crippen LogP contribution is 2.38. The topological polar surface area (TPSA) is 112 Å². The molecule has 0 amide bonds. The van der Waals surface area contributed by atoms with Crippen LogP contribution in [0.3, 0.4) is 0 Å². The number of carbonyl (C=O) groups excluding carboxylic acids is 2. The molecule has 0 fully saturated rings. The third kappa shape index (κ3) is 8.73. The van der Waals surface area contributed by atoms with E-state index in [-0.39, 0.29) is 31.8 Å². The monoisotopic (exact) mass is 652 g/mol. The van der Waals surface area contributed by atoms with E-state index in [4.69, 9.17) is 18.9 Å². The number of ether oxygens (including phenoxy) is 4. The van der Waals surface area contributed by atoms with Gasteiger partial charge < -0.3 is 29.2 Å². The highest BCUT2D eigenvalue weighted by atomic mass is 32.1. The van der Waals surface area contributed by atoms with E-state index in [2.05, 4.69) is 38.1 Å². The lowest BCUT2D eigenvalue weighted by Crippen LogP contribution is -2.26. The minimum atomic E-state index is -0.960. The Morgan fingerprint density at radius 3 is 1.33 bits per heavy atom. The van der Waals surface area contributed by atoms with Crippen LogP contribution in [0.25, 0.3) is 0 Å². The van der Waals surface area contributed by atoms with Crippen LogP contribution in [-0.2, 0) is 14.9 Å². The highest BCUT2D eigenvalue weighted by molar-refractivity contribution is 7.12. The minimum absolute atomic E-state index is 0.00619. The quantitative estimate of drug-likeness (QED) is 0.147. The number of esters is 2. The van der Waals surface area contributed by atoms with Crippen LogP contribution in [0, 0.1) is 27.7 Å². The molecule has 0 bridgehead atoms. The molecule has 8 nitrogen and oxygen atoms in total. The summed E-state index contributed by atoms with van der Waals surface area (Å²) in [5.41, 5.74) is 5.58. The summed E-state index contributed by atoms with van der Waals surface area (Å²) >= 11 is 2.58. The van der Waals surface area contributed by atoms with E-state index < -0.39 is 24.1 Å². The number of carbonyl (C=O) groups is 2. The average Bonchev–Trinajstić information content (AvgIpc) is 3.73. The molecule has 4 aromatic rings. The van der Waals surface area contributed by atoms with Crippen LogP contribution in [-0.4, -0.2) is 60.8 Å². The van der Waals surface area contributed by atoms with Gasteiger partial charge in [-0.1, -0.05) is 50.2 Å². The third-order valence-electron chi connectivity index (χ3n) is 7.46. The van der Waals surface area contributed by atoms with Crippen molar-refractivity contribution in [2.45, 2.75) is 59.2 Å². The summed E-state index contributed by atoms with van der Waals surface area (Å²) in [6.07, 6.45) is -1.92. The number of aryl methyl sites for hydroxylation is 4. The molecule has 10 heteroatoms. The molecule has 0 aliphatic heterocycles. The van der Waals surface area contributed by atoms with Crippen LogP contribution in [0.2, 0.25) is 0 Å². The van der Waals surface area contributed by atoms with Gasteiger partial charge in [0.05, 0.1) is 0 Å². The van der Waals surface area contributed by atoms with Gasteiger partial charge in [0.2, 0.25) is 0 Å². The molecule has 4 rings (SSSR count). The maximum atomic E-state index is 12.0. The Morgan fingerprint density at radius 2 is 1.02 bits per heavy atom. The van der Waals surface area contributed by atoms with E-state index in [1.54, 1.807) is 35.0 Å². The zero-order valence-corrected chi connectivity index (χ0v) is 28.1. The number of aliphatic hydroxyl groups is 2. The first kappa shape index (κ1) is 34.2. The van der Waals surface area contributed by atoms with Crippen molar-refractivity contribution in [1.29, 1.82) is 0 Å². The van der Waals surface area contributed by atoms with Gasteiger partial charge in [-0.2, -0.15) is 0 Å². The number of thiophene rings is 2. The standard InChI is InChI=1S/C35H40O8S2/c1-21-13-25(14-22(2)31(21)40-17-27(36)19-42-33(38)29-9-7-11-44-29)35(5,6)26-15-23(3)32(24(4)16-26)41-18-28(37)20-43-34(39)30-10-8-12-45-30/h7-16,27-28,36-37H,17-20H2,1-6H3. The van der Waals surface area contributed by atoms with Gasteiger partial charge in [-0.05, 0) is 84.0 Å². The van der Waals surface area contributed by atoms with Crippen molar-refractivity contribution in [2.75, 3.05) is 26.4 Å². The fraction of sp³-hybridized carbons (Fsp3) is 0.371. The molecule has 0 radical (unpaired) electrons. The summed E-state index contributed by atoms with van der Waals surface area (Å²) in [5.74, 6) is 0.458. The number of rotatable bonds is 14. The number of hydrogen-bond acceptors (Lipinski definition) is 10. The van der Waals surface area contributed by atoms with Crippen molar-refractivity contribution in [3.8, 4) is 11.5 Å². The molecular formula is C35H40O8S2. The van der Waals surface area contributed by atoms with Gasteiger partial charge in [-0.3, -0.25) is 0 Å². The van der Waals surface area contributed by atoms with Gasteiger partial charge in [-0.25, -0.2) is 9.59 Å². The molecule has 2 aromatic carbocycles. The van der Waals surface area contributed by atoms with Crippen LogP contribution in [0.5, 0.6) is 11.5 Å². The number of hydrogen-bond donors (Lipinski definition) is 2. The maximum Gasteiger partial charge on any atom is 0.348 e. The Kier molecular flexibility index (Phi) is 11.4. The van der Waals surface area contributed by atoms with E-state index in [0.29, 0.717) is 21.3 Å². The smallest absolute Gasteiger partial charge is 0.348 e. The number of benzene rings is 2. The summed E-state index contributed by atoms with van der Waals surface area (Å²) < 4.78 is 22.3. The molecule has 0 saturated carbocycles. The van der Waals surface area contributed by atoms with Crippen LogP contribution < -0.4 is 9.47 Å². The molecule has 0 aliphatic rings. The van der Waals surface area contributed by atoms with Gasteiger partial charge in [-0.15, -0.1) is 22.7 Å². The van der Waals surface area contributed by atoms with Crippen LogP contribution in [0.4, 0.5) is 0 Å². The van der Waals surface area contributed by atoms with Gasteiger partial charge in [0.1, 0.15) is 59.9 Å². The molecule has 0 saturated heterocycles. The lowest BCUT2D eigenvalue weighted by Gasteiger charge is -2.29. The summed E-state index contributed by atoms with van der Waals surface area (Å²) in [6.45, 7) is 11.9. The molecule has 2 unspecified atom stereocenters. The lowest BCUT2D eigenvalue weighted by atomic mass is 9.76. The minimum Gasteiger partial charge on any atom is -0.490 e. The van der Waals surface area contributed by atoms with Crippen LogP contribution in [0.1, 0.15) is 66.6 Å². The Labute approximate surface area is 272 Å². The fourth-order valence-corrected chi connectivity index (χ4v) is 6.21. The Hall–Kier alpha value is -3.70. The van der Waals surface area contributed by atoms with E-state index in [0.717, 1.165) is 33.4 Å². The van der Waals surface area contributed by atoms with Crippen molar-refractivity contribution in [1.82, 2.24) is 0 Å². The first-order valence-electron chi connectivity index (χ1n) is 14.6. The summed E-state index contributed by atoms with van der Waals surface area (Å²) in [7, 11) is 0. The first-order valence-corrected chi connectivity index (χ1v) is 16.4. The van der Waals surface area contributed by atoms with Crippen molar-refractivity contribution in [2.24, 2.45) is 0 Å². The molecule has 0 aliphatic carbocycles. The van der Waals surface area contributed by atoms with E-state index in [1.165, 1.54) is 22.7 Å². The van der Waals surface area contributed by atoms with Crippen molar-refractivity contribution < 1.29 is 38.7 Å². The largest absolute Gasteiger partial charge is 0.490 e. The Bertz CT molecular complexity index is 1430. The molecular weight excluding hydrogens is 613 g/mol. The number of aliphatic hydroxyl groups excluding tert-OH is 2. The van der Waals surface area contributed by atoms with Gasteiger partial charge >= 0.3 is 11.9 Å². The van der Waals surface area contributed by atoms with E-state index in [9.17, 15) is 19.8 Å². The van der Waals surface area contributed by atoms with Crippen LogP contribution >= 0.6 is 22.7 Å². The second kappa shape index (κ2) is 15.1. The molecule has 2 N–H and O–H groups in total. The second-order valence-corrected chi connectivity index (χ2v) is 13.5. The van der Waals surface area contributed by atoms with Gasteiger partial charge in [0.25, 0.3) is 0 Å². The van der Waals surface area contributed by atoms with E-state index in [1.807, 2.05) is 27.7 Å². The molecule has 45 heavy (non-hydrogen) atoms. The van der Waals surface area contributed by atoms with Crippen molar-refractivity contribution in [3.05, 3.63) is 102 Å². The summed E-state index contributed by atoms with van der Waals surface area (Å²) in [5, 5.41) is 24.3. The maximum absolute atomic E-state index is 12.0. The fourth-order valence-electron chi connectivity index (χ4n) is 4.97. The van der Waals surface area contributed by atoms with Crippen molar-refractivity contribution in [3.63, 3.8) is 0 Å². The normalized spacial score (nSPS) is 12.8. The Balaban J connectivity index is 1.36. The lowest BCUT2D eigenvalue weighted by molar-refractivity contribution is 0.0130. The third-order valence-corrected chi connectivity index (χ3v) is 9.16. The first-order chi connectivity index (χ1) is 21.4. The Morgan fingerprint density at radius 1 is 0.667 bits per heavy atom. The second-order valence-electron chi connectivity index (χ2n) is 11.6. The molecule has 240 valence electrons. The molecule has 0 spiro atoms. The van der Waals surface area contributed by atoms with Crippen molar-refractivity contribution >= 4 is 34.6 Å². The summed E-state index contributed by atoms with van der Waals surface area (Å²) in [6, 6.07) is 15.3. The molecule has 2 aromatic heterocycles. The molecule has 2 heterocycles. The highest BCUT2D eigenvalue weighted by Gasteiger charge is 2.27. The zero-order chi connectivity index (χ0) is 32.7. The van der Waals surface area contributed by atoms with Gasteiger partial charge in [0, 0.05) is 5.41 Å². The van der Waals surface area contributed by atoms with E-state index >= 15 is 0 Å². The van der Waals surface area contributed by atoms with Crippen LogP contribution in [0.15, 0.2) is 59.3 Å². The van der Waals surface area contributed by atoms with Gasteiger partial charge in [0.15, 0.2) is 0 Å².